The zero-order valence-corrected chi connectivity index (χ0v) is 47.4. The third-order valence-electron chi connectivity index (χ3n) is 12.4. The van der Waals surface area contributed by atoms with E-state index in [-0.39, 0.29) is 31.1 Å². The molecule has 0 heterocycles. The standard InChI is InChI=1S/C67H110O6/c1-4-7-10-13-16-19-22-25-28-30-32-33-35-36-39-42-45-48-51-54-57-60-66(69)72-63-64(62-71-65(68)59-56-53-50-47-44-41-38-27-24-21-18-15-12-9-6-3)73-67(70)61-58-55-52-49-46-43-40-37-34-31-29-26-23-20-17-14-11-8-5-2/h7,9-10,12,16,18-19,21,25-29,32-33,36,38-39,44,47,64H,4-6,8,11,13-15,17,20,22-24,30-31,34-35,37,40-43,45-46,48-63H2,1-3H3/b10-7-,12-9-,19-16-,21-18-,28-25-,29-26-,33-32-,38-27-,39-36-,47-44-. The SMILES string of the molecule is CC/C=C\C/C=C\C/C=C\C/C=C\C/C=C\CCCCCCCC(=O)OCC(COC(=O)CCCC/C=C\C/C=C\C/C=C\C/C=C\CC)OC(=O)CCCCCCCCCCC/C=C\CCCCCCCC. The molecular formula is C67H110O6. The van der Waals surface area contributed by atoms with Crippen molar-refractivity contribution in [1.29, 1.82) is 0 Å². The van der Waals surface area contributed by atoms with E-state index in [1.54, 1.807) is 0 Å². The minimum Gasteiger partial charge on any atom is -0.462 e. The van der Waals surface area contributed by atoms with Gasteiger partial charge in [0, 0.05) is 19.3 Å². The molecule has 0 saturated carbocycles. The summed E-state index contributed by atoms with van der Waals surface area (Å²) in [5.41, 5.74) is 0. The number of carbonyl (C=O) groups excluding carboxylic acids is 3. The lowest BCUT2D eigenvalue weighted by Crippen LogP contribution is -2.30. The Kier molecular flexibility index (Phi) is 56.9. The minimum absolute atomic E-state index is 0.105. The van der Waals surface area contributed by atoms with Crippen LogP contribution in [0.1, 0.15) is 265 Å². The van der Waals surface area contributed by atoms with Gasteiger partial charge in [-0.3, -0.25) is 14.4 Å². The summed E-state index contributed by atoms with van der Waals surface area (Å²) in [5, 5.41) is 0. The van der Waals surface area contributed by atoms with Gasteiger partial charge in [-0.15, -0.1) is 0 Å². The van der Waals surface area contributed by atoms with Crippen molar-refractivity contribution in [1.82, 2.24) is 0 Å². The Bertz CT molecular complexity index is 1540. The summed E-state index contributed by atoms with van der Waals surface area (Å²) in [6.45, 7) is 6.36. The molecule has 0 amide bonds. The highest BCUT2D eigenvalue weighted by Gasteiger charge is 2.19. The summed E-state index contributed by atoms with van der Waals surface area (Å²) < 4.78 is 16.8. The molecule has 1 atom stereocenters. The van der Waals surface area contributed by atoms with Gasteiger partial charge >= 0.3 is 17.9 Å². The molecule has 73 heavy (non-hydrogen) atoms. The van der Waals surface area contributed by atoms with E-state index in [2.05, 4.69) is 142 Å². The Morgan fingerprint density at radius 1 is 0.288 bits per heavy atom. The first-order valence-electron chi connectivity index (χ1n) is 30.0. The Morgan fingerprint density at radius 2 is 0.534 bits per heavy atom. The van der Waals surface area contributed by atoms with Crippen molar-refractivity contribution in [3.05, 3.63) is 122 Å². The lowest BCUT2D eigenvalue weighted by atomic mass is 10.1. The molecular weight excluding hydrogens is 901 g/mol. The summed E-state index contributed by atoms with van der Waals surface area (Å²) in [7, 11) is 0. The predicted octanol–water partition coefficient (Wildman–Crippen LogP) is 20.4. The van der Waals surface area contributed by atoms with Crippen molar-refractivity contribution in [2.45, 2.75) is 271 Å². The maximum atomic E-state index is 12.9. The van der Waals surface area contributed by atoms with Gasteiger partial charge in [-0.05, 0) is 128 Å². The maximum Gasteiger partial charge on any atom is 0.306 e. The van der Waals surface area contributed by atoms with E-state index in [4.69, 9.17) is 14.2 Å². The fourth-order valence-electron chi connectivity index (χ4n) is 7.98. The maximum absolute atomic E-state index is 12.9. The summed E-state index contributed by atoms with van der Waals surface area (Å²) in [4.78, 5) is 38.2. The average molecular weight is 1010 g/mol. The van der Waals surface area contributed by atoms with Crippen molar-refractivity contribution in [3.8, 4) is 0 Å². The molecule has 0 bridgehead atoms. The zero-order valence-electron chi connectivity index (χ0n) is 47.4. The fourth-order valence-corrected chi connectivity index (χ4v) is 7.98. The quantitative estimate of drug-likeness (QED) is 0.0261. The molecule has 0 aromatic carbocycles. The summed E-state index contributed by atoms with van der Waals surface area (Å²) in [6, 6.07) is 0. The molecule has 6 heteroatoms. The lowest BCUT2D eigenvalue weighted by molar-refractivity contribution is -0.167. The first-order valence-corrected chi connectivity index (χ1v) is 30.0. The van der Waals surface area contributed by atoms with E-state index < -0.39 is 6.10 Å². The summed E-state index contributed by atoms with van der Waals surface area (Å²) >= 11 is 0. The number of unbranched alkanes of at least 4 members (excludes halogenated alkanes) is 22. The number of rotatable bonds is 53. The van der Waals surface area contributed by atoms with E-state index in [9.17, 15) is 14.4 Å². The molecule has 0 aromatic rings. The van der Waals surface area contributed by atoms with Crippen LogP contribution in [0.25, 0.3) is 0 Å². The second-order valence-corrected chi connectivity index (χ2v) is 19.5. The molecule has 0 aliphatic rings. The van der Waals surface area contributed by atoms with Crippen LogP contribution in [0.2, 0.25) is 0 Å². The smallest absolute Gasteiger partial charge is 0.306 e. The molecule has 0 fully saturated rings. The van der Waals surface area contributed by atoms with Crippen molar-refractivity contribution >= 4 is 17.9 Å². The normalized spacial score (nSPS) is 13.0. The second kappa shape index (κ2) is 60.4. The predicted molar refractivity (Wildman–Crippen MR) is 316 cm³/mol. The summed E-state index contributed by atoms with van der Waals surface area (Å²) in [5.74, 6) is -0.965. The van der Waals surface area contributed by atoms with Gasteiger partial charge in [0.05, 0.1) is 0 Å². The number of hydrogen-bond donors (Lipinski definition) is 0. The van der Waals surface area contributed by atoms with E-state index in [0.29, 0.717) is 19.3 Å². The second-order valence-electron chi connectivity index (χ2n) is 19.5. The fraction of sp³-hybridized carbons (Fsp3) is 0.657. The molecule has 0 rings (SSSR count). The van der Waals surface area contributed by atoms with E-state index >= 15 is 0 Å². The van der Waals surface area contributed by atoms with E-state index in [1.165, 1.54) is 89.9 Å². The Hall–Kier alpha value is -4.19. The number of ether oxygens (including phenoxy) is 3. The van der Waals surface area contributed by atoms with Crippen LogP contribution in [0.15, 0.2) is 122 Å². The minimum atomic E-state index is -0.809. The van der Waals surface area contributed by atoms with Crippen molar-refractivity contribution < 1.29 is 28.6 Å². The van der Waals surface area contributed by atoms with Crippen LogP contribution >= 0.6 is 0 Å². The largest absolute Gasteiger partial charge is 0.462 e. The molecule has 0 radical (unpaired) electrons. The van der Waals surface area contributed by atoms with Crippen LogP contribution in [-0.2, 0) is 28.6 Å². The van der Waals surface area contributed by atoms with Gasteiger partial charge in [-0.1, -0.05) is 239 Å². The monoisotopic (exact) mass is 1010 g/mol. The number of esters is 3. The van der Waals surface area contributed by atoms with Crippen LogP contribution in [0.3, 0.4) is 0 Å². The molecule has 1 unspecified atom stereocenters. The topological polar surface area (TPSA) is 78.9 Å². The molecule has 0 N–H and O–H groups in total. The molecule has 0 aliphatic carbocycles. The van der Waals surface area contributed by atoms with Crippen LogP contribution in [-0.4, -0.2) is 37.2 Å². The van der Waals surface area contributed by atoms with Gasteiger partial charge in [-0.2, -0.15) is 0 Å². The van der Waals surface area contributed by atoms with Crippen molar-refractivity contribution in [2.24, 2.45) is 0 Å². The lowest BCUT2D eigenvalue weighted by Gasteiger charge is -2.18. The molecule has 0 spiro atoms. The van der Waals surface area contributed by atoms with Gasteiger partial charge in [0.25, 0.3) is 0 Å². The number of allylic oxidation sites excluding steroid dienone is 20. The van der Waals surface area contributed by atoms with Crippen molar-refractivity contribution in [2.75, 3.05) is 13.2 Å². The zero-order chi connectivity index (χ0) is 52.9. The van der Waals surface area contributed by atoms with Crippen LogP contribution < -0.4 is 0 Å². The third-order valence-corrected chi connectivity index (χ3v) is 12.4. The molecule has 0 aliphatic heterocycles. The van der Waals surface area contributed by atoms with Gasteiger partial charge in [0.15, 0.2) is 6.10 Å². The summed E-state index contributed by atoms with van der Waals surface area (Å²) in [6.07, 6.45) is 83.4. The van der Waals surface area contributed by atoms with Gasteiger partial charge in [0.1, 0.15) is 13.2 Å². The highest BCUT2D eigenvalue weighted by Crippen LogP contribution is 2.15. The molecule has 6 nitrogen and oxygen atoms in total. The van der Waals surface area contributed by atoms with Crippen molar-refractivity contribution in [3.63, 3.8) is 0 Å². The Labute approximate surface area is 450 Å². The first-order chi connectivity index (χ1) is 36.0. The van der Waals surface area contributed by atoms with Gasteiger partial charge in [-0.25, -0.2) is 0 Å². The number of hydrogen-bond acceptors (Lipinski definition) is 6. The highest BCUT2D eigenvalue weighted by molar-refractivity contribution is 5.71. The van der Waals surface area contributed by atoms with Gasteiger partial charge in [0.2, 0.25) is 0 Å². The highest BCUT2D eigenvalue weighted by atomic mass is 16.6. The Morgan fingerprint density at radius 3 is 0.877 bits per heavy atom. The van der Waals surface area contributed by atoms with Crippen LogP contribution in [0.4, 0.5) is 0 Å². The molecule has 0 aromatic heterocycles. The van der Waals surface area contributed by atoms with Gasteiger partial charge < -0.3 is 14.2 Å². The molecule has 0 saturated heterocycles. The first kappa shape index (κ1) is 68.8. The van der Waals surface area contributed by atoms with Crippen LogP contribution in [0, 0.1) is 0 Å². The third kappa shape index (κ3) is 58.6. The Balaban J connectivity index is 4.48. The number of carbonyl (C=O) groups is 3. The molecule has 414 valence electrons. The van der Waals surface area contributed by atoms with E-state index in [1.807, 2.05) is 0 Å². The van der Waals surface area contributed by atoms with Crippen LogP contribution in [0.5, 0.6) is 0 Å². The van der Waals surface area contributed by atoms with E-state index in [0.717, 1.165) is 135 Å². The average Bonchev–Trinajstić information content (AvgIpc) is 3.39.